The van der Waals surface area contributed by atoms with Crippen LogP contribution in [0.2, 0.25) is 0 Å². The van der Waals surface area contributed by atoms with Crippen molar-refractivity contribution in [1.29, 1.82) is 0 Å². The first-order valence-corrected chi connectivity index (χ1v) is 5.41. The van der Waals surface area contributed by atoms with Crippen molar-refractivity contribution in [2.24, 2.45) is 10.7 Å². The van der Waals surface area contributed by atoms with E-state index in [1.54, 1.807) is 12.1 Å². The number of hydrogen-bond acceptors (Lipinski definition) is 1. The van der Waals surface area contributed by atoms with Crippen LogP contribution >= 0.6 is 0 Å². The van der Waals surface area contributed by atoms with Gasteiger partial charge in [-0.05, 0) is 45.0 Å². The zero-order valence-corrected chi connectivity index (χ0v) is 9.94. The Morgan fingerprint density at radius 2 is 1.94 bits per heavy atom. The highest BCUT2D eigenvalue weighted by Crippen LogP contribution is 2.14. The minimum Gasteiger partial charge on any atom is -0.370 e. The van der Waals surface area contributed by atoms with Crippen LogP contribution in [0.1, 0.15) is 20.8 Å². The number of anilines is 1. The Kier molecular flexibility index (Phi) is 4.28. The monoisotopic (exact) mass is 223 g/mol. The number of rotatable bonds is 3. The van der Waals surface area contributed by atoms with Gasteiger partial charge in [-0.2, -0.15) is 0 Å². The minimum atomic E-state index is -0.251. The summed E-state index contributed by atoms with van der Waals surface area (Å²) in [5, 5.41) is 0. The number of guanidine groups is 1. The molecule has 0 aromatic heterocycles. The van der Waals surface area contributed by atoms with Crippen LogP contribution in [0.4, 0.5) is 10.1 Å². The number of halogens is 1. The van der Waals surface area contributed by atoms with Gasteiger partial charge in [-0.25, -0.2) is 4.39 Å². The largest absolute Gasteiger partial charge is 0.370 e. The van der Waals surface area contributed by atoms with E-state index >= 15 is 0 Å². The van der Waals surface area contributed by atoms with E-state index in [1.165, 1.54) is 12.1 Å². The lowest BCUT2D eigenvalue weighted by Gasteiger charge is -2.22. The predicted molar refractivity (Wildman–Crippen MR) is 66.2 cm³/mol. The molecule has 4 heteroatoms. The summed E-state index contributed by atoms with van der Waals surface area (Å²) < 4.78 is 12.8. The molecular formula is C12H18FN3. The second kappa shape index (κ2) is 5.49. The molecule has 16 heavy (non-hydrogen) atoms. The normalized spacial score (nSPS) is 11.9. The average Bonchev–Trinajstić information content (AvgIpc) is 2.21. The van der Waals surface area contributed by atoms with Gasteiger partial charge in [0.15, 0.2) is 5.96 Å². The van der Waals surface area contributed by atoms with Crippen molar-refractivity contribution < 1.29 is 4.39 Å². The molecule has 0 spiro atoms. The van der Waals surface area contributed by atoms with E-state index in [9.17, 15) is 4.39 Å². The molecule has 2 N–H and O–H groups in total. The third kappa shape index (κ3) is 3.22. The summed E-state index contributed by atoms with van der Waals surface area (Å²) in [4.78, 5) is 6.12. The number of benzene rings is 1. The molecule has 0 saturated heterocycles. The second-order valence-electron chi connectivity index (χ2n) is 3.80. The molecular weight excluding hydrogens is 205 g/mol. The fourth-order valence-electron chi connectivity index (χ4n) is 1.43. The Morgan fingerprint density at radius 3 is 2.38 bits per heavy atom. The van der Waals surface area contributed by atoms with Gasteiger partial charge in [0.1, 0.15) is 5.82 Å². The maximum absolute atomic E-state index is 12.8. The maximum Gasteiger partial charge on any atom is 0.196 e. The van der Waals surface area contributed by atoms with Crippen LogP contribution in [0.3, 0.4) is 0 Å². The molecule has 1 rings (SSSR count). The summed E-state index contributed by atoms with van der Waals surface area (Å²) >= 11 is 0. The zero-order valence-electron chi connectivity index (χ0n) is 9.94. The number of hydrogen-bond donors (Lipinski definition) is 1. The summed E-state index contributed by atoms with van der Waals surface area (Å²) in [6, 6.07) is 6.37. The third-order valence-electron chi connectivity index (χ3n) is 2.12. The molecule has 0 unspecified atom stereocenters. The molecule has 88 valence electrons. The zero-order chi connectivity index (χ0) is 12.1. The van der Waals surface area contributed by atoms with Crippen LogP contribution in [-0.4, -0.2) is 18.5 Å². The van der Waals surface area contributed by atoms with Crippen LogP contribution in [0, 0.1) is 5.82 Å². The van der Waals surface area contributed by atoms with Gasteiger partial charge in [0.25, 0.3) is 0 Å². The summed E-state index contributed by atoms with van der Waals surface area (Å²) in [6.45, 7) is 6.61. The van der Waals surface area contributed by atoms with Crippen molar-refractivity contribution in [2.75, 3.05) is 11.4 Å². The SMILES string of the molecule is CCN(C(N)=NC(C)C)c1ccc(F)cc1. The minimum absolute atomic E-state index is 0.148. The molecule has 0 aliphatic carbocycles. The van der Waals surface area contributed by atoms with Gasteiger partial charge in [-0.3, -0.25) is 4.99 Å². The van der Waals surface area contributed by atoms with Crippen molar-refractivity contribution in [3.63, 3.8) is 0 Å². The van der Waals surface area contributed by atoms with Crippen LogP contribution in [0.15, 0.2) is 29.3 Å². The number of aliphatic imine (C=N–C) groups is 1. The molecule has 0 aliphatic rings. The van der Waals surface area contributed by atoms with Gasteiger partial charge in [0, 0.05) is 18.3 Å². The van der Waals surface area contributed by atoms with Gasteiger partial charge in [-0.15, -0.1) is 0 Å². The molecule has 0 amide bonds. The number of nitrogens with zero attached hydrogens (tertiary/aromatic N) is 2. The molecule has 0 radical (unpaired) electrons. The highest BCUT2D eigenvalue weighted by atomic mass is 19.1. The molecule has 0 saturated carbocycles. The lowest BCUT2D eigenvalue weighted by atomic mass is 10.3. The van der Waals surface area contributed by atoms with Gasteiger partial charge < -0.3 is 10.6 Å². The van der Waals surface area contributed by atoms with E-state index in [4.69, 9.17) is 5.73 Å². The van der Waals surface area contributed by atoms with Crippen LogP contribution < -0.4 is 10.6 Å². The molecule has 1 aromatic rings. The maximum atomic E-state index is 12.8. The van der Waals surface area contributed by atoms with Crippen molar-refractivity contribution in [3.05, 3.63) is 30.1 Å². The Balaban J connectivity index is 2.94. The summed E-state index contributed by atoms with van der Waals surface area (Å²) in [7, 11) is 0. The fraction of sp³-hybridized carbons (Fsp3) is 0.417. The van der Waals surface area contributed by atoms with E-state index in [2.05, 4.69) is 4.99 Å². The van der Waals surface area contributed by atoms with Crippen LogP contribution in [0.25, 0.3) is 0 Å². The second-order valence-corrected chi connectivity index (χ2v) is 3.80. The molecule has 0 fully saturated rings. The van der Waals surface area contributed by atoms with Crippen molar-refractivity contribution >= 4 is 11.6 Å². The van der Waals surface area contributed by atoms with Gasteiger partial charge in [0.2, 0.25) is 0 Å². The first-order valence-electron chi connectivity index (χ1n) is 5.41. The lowest BCUT2D eigenvalue weighted by molar-refractivity contribution is 0.628. The smallest absolute Gasteiger partial charge is 0.196 e. The van der Waals surface area contributed by atoms with E-state index < -0.39 is 0 Å². The Bertz CT molecular complexity index is 357. The van der Waals surface area contributed by atoms with E-state index in [1.807, 2.05) is 25.7 Å². The molecule has 3 nitrogen and oxygen atoms in total. The van der Waals surface area contributed by atoms with Crippen molar-refractivity contribution in [2.45, 2.75) is 26.8 Å². The molecule has 0 aliphatic heterocycles. The van der Waals surface area contributed by atoms with Gasteiger partial charge in [0.05, 0.1) is 0 Å². The summed E-state index contributed by atoms with van der Waals surface area (Å²) in [5.74, 6) is 0.211. The van der Waals surface area contributed by atoms with E-state index in [-0.39, 0.29) is 11.9 Å². The quantitative estimate of drug-likeness (QED) is 0.631. The third-order valence-corrected chi connectivity index (χ3v) is 2.12. The summed E-state index contributed by atoms with van der Waals surface area (Å²) in [5.41, 5.74) is 6.73. The Hall–Kier alpha value is -1.58. The average molecular weight is 223 g/mol. The Labute approximate surface area is 95.8 Å². The first-order chi connectivity index (χ1) is 7.54. The standard InChI is InChI=1S/C12H18FN3/c1-4-16(12(14)15-9(2)3)11-7-5-10(13)6-8-11/h5-9H,4H2,1-3H3,(H2,14,15). The van der Waals surface area contributed by atoms with Crippen molar-refractivity contribution in [3.8, 4) is 0 Å². The van der Waals surface area contributed by atoms with E-state index in [0.717, 1.165) is 5.69 Å². The van der Waals surface area contributed by atoms with Crippen LogP contribution in [-0.2, 0) is 0 Å². The highest BCUT2D eigenvalue weighted by molar-refractivity contribution is 5.94. The van der Waals surface area contributed by atoms with Crippen molar-refractivity contribution in [1.82, 2.24) is 0 Å². The number of nitrogens with two attached hydrogens (primary N) is 1. The topological polar surface area (TPSA) is 41.6 Å². The first kappa shape index (κ1) is 12.5. The van der Waals surface area contributed by atoms with Gasteiger partial charge in [-0.1, -0.05) is 0 Å². The molecule has 1 aromatic carbocycles. The lowest BCUT2D eigenvalue weighted by Crippen LogP contribution is -2.38. The fourth-order valence-corrected chi connectivity index (χ4v) is 1.43. The molecule has 0 heterocycles. The molecule has 0 bridgehead atoms. The summed E-state index contributed by atoms with van der Waals surface area (Å²) in [6.07, 6.45) is 0. The Morgan fingerprint density at radius 1 is 1.38 bits per heavy atom. The van der Waals surface area contributed by atoms with Gasteiger partial charge >= 0.3 is 0 Å². The molecule has 0 atom stereocenters. The van der Waals surface area contributed by atoms with Crippen LogP contribution in [0.5, 0.6) is 0 Å². The predicted octanol–water partition coefficient (Wildman–Crippen LogP) is 2.38. The van der Waals surface area contributed by atoms with E-state index in [0.29, 0.717) is 12.5 Å². The highest BCUT2D eigenvalue weighted by Gasteiger charge is 2.08.